The second kappa shape index (κ2) is 15.6. The van der Waals surface area contributed by atoms with Gasteiger partial charge < -0.3 is 30.4 Å². The van der Waals surface area contributed by atoms with Crippen molar-refractivity contribution in [1.82, 2.24) is 25.1 Å². The van der Waals surface area contributed by atoms with Crippen LogP contribution in [0.3, 0.4) is 0 Å². The average molecular weight is 704 g/mol. The van der Waals surface area contributed by atoms with Gasteiger partial charge in [0.25, 0.3) is 11.8 Å². The average Bonchev–Trinajstić information content (AvgIpc) is 3.86. The molecule has 0 radical (unpaired) electrons. The number of amides is 2. The summed E-state index contributed by atoms with van der Waals surface area (Å²) in [4.78, 5) is 50.3. The third kappa shape index (κ3) is 8.89. The highest BCUT2D eigenvalue weighted by atomic mass is 35.5. The van der Waals surface area contributed by atoms with Crippen molar-refractivity contribution in [2.45, 2.75) is 68.8 Å². The molecule has 2 heterocycles. The molecular weight excluding hydrogens is 657 g/mol. The Kier molecular flexibility index (Phi) is 11.7. The monoisotopic (exact) mass is 703 g/mol. The third-order valence-electron chi connectivity index (χ3n) is 9.78. The maximum atomic E-state index is 14.1. The zero-order valence-electron chi connectivity index (χ0n) is 28.2. The molecule has 0 bridgehead atoms. The minimum absolute atomic E-state index is 0.0197. The molecule has 3 N–H and O–H groups in total. The van der Waals surface area contributed by atoms with E-state index in [1.165, 1.54) is 6.20 Å². The lowest BCUT2D eigenvalue weighted by molar-refractivity contribution is -0.130. The van der Waals surface area contributed by atoms with Gasteiger partial charge >= 0.3 is 0 Å². The Labute approximate surface area is 291 Å². The maximum Gasteiger partial charge on any atom is 0.258 e. The van der Waals surface area contributed by atoms with Gasteiger partial charge in [-0.05, 0) is 88.2 Å². The molecule has 1 aromatic heterocycles. The number of rotatable bonds is 14. The van der Waals surface area contributed by atoms with Gasteiger partial charge in [0.1, 0.15) is 22.9 Å². The molecule has 1 unspecified atom stereocenters. The molecule has 2 aliphatic carbocycles. The van der Waals surface area contributed by atoms with E-state index in [1.807, 2.05) is 18.7 Å². The van der Waals surface area contributed by atoms with E-state index in [0.29, 0.717) is 58.7 Å². The molecule has 2 aromatic rings. The number of carbonyl (C=O) groups is 3. The molecule has 48 heavy (non-hydrogen) atoms. The van der Waals surface area contributed by atoms with E-state index >= 15 is 0 Å². The second-order valence-electron chi connectivity index (χ2n) is 13.6. The Morgan fingerprint density at radius 3 is 2.48 bits per heavy atom. The highest BCUT2D eigenvalue weighted by Crippen LogP contribution is 2.41. The minimum Gasteiger partial charge on any atom is -0.495 e. The van der Waals surface area contributed by atoms with Gasteiger partial charge in [-0.25, -0.2) is 9.37 Å². The van der Waals surface area contributed by atoms with E-state index in [-0.39, 0.29) is 18.7 Å². The summed E-state index contributed by atoms with van der Waals surface area (Å²) in [5, 5.41) is 9.11. The number of thioether (sulfide) groups is 1. The summed E-state index contributed by atoms with van der Waals surface area (Å²) in [5.74, 6) is 2.79. The standard InChI is InChI=1S/C34H47ClFN7O4S/c1-33(2,28(20-44)40-31(46)34(36)11-12-34)48-21-23-7-5-22(6-8-23)19-42-13-15-43(16-14-42)30(45)24-9-10-26(27(17-24)47-4)39-32-38-18-25(35)29(37-3)41-32/h9-10,17-18,20,22-23,28H,5-8,11-16,19,21H2,1-4H3,(H,40,46)(H2,37,38,39,41). The van der Waals surface area contributed by atoms with Crippen LogP contribution >= 0.6 is 23.4 Å². The van der Waals surface area contributed by atoms with Gasteiger partial charge in [-0.1, -0.05) is 11.6 Å². The normalized spacial score (nSPS) is 21.6. The number of ether oxygens (including phenoxy) is 1. The van der Waals surface area contributed by atoms with Crippen LogP contribution in [0.5, 0.6) is 5.75 Å². The second-order valence-corrected chi connectivity index (χ2v) is 15.7. The summed E-state index contributed by atoms with van der Waals surface area (Å²) >= 11 is 7.79. The van der Waals surface area contributed by atoms with Crippen molar-refractivity contribution in [2.24, 2.45) is 11.8 Å². The number of halogens is 2. The van der Waals surface area contributed by atoms with Crippen LogP contribution in [0.15, 0.2) is 24.4 Å². The Morgan fingerprint density at radius 2 is 1.85 bits per heavy atom. The molecule has 2 saturated carbocycles. The van der Waals surface area contributed by atoms with E-state index in [9.17, 15) is 18.8 Å². The summed E-state index contributed by atoms with van der Waals surface area (Å²) in [6, 6.07) is 4.61. The molecule has 262 valence electrons. The van der Waals surface area contributed by atoms with Gasteiger partial charge in [0.2, 0.25) is 5.95 Å². The molecule has 2 amide bonds. The summed E-state index contributed by atoms with van der Waals surface area (Å²) in [7, 11) is 3.29. The van der Waals surface area contributed by atoms with Crippen molar-refractivity contribution in [2.75, 3.05) is 63.3 Å². The first-order valence-electron chi connectivity index (χ1n) is 16.7. The Hall–Kier alpha value is -3.16. The number of aromatic nitrogens is 2. The summed E-state index contributed by atoms with van der Waals surface area (Å²) in [6.07, 6.45) is 7.29. The summed E-state index contributed by atoms with van der Waals surface area (Å²) in [6.45, 7) is 7.96. The zero-order chi connectivity index (χ0) is 34.5. The van der Waals surface area contributed by atoms with E-state index in [0.717, 1.165) is 57.4 Å². The maximum absolute atomic E-state index is 14.1. The van der Waals surface area contributed by atoms with Gasteiger partial charge in [-0.3, -0.25) is 14.5 Å². The van der Waals surface area contributed by atoms with Gasteiger partial charge in [0.05, 0.1) is 25.0 Å². The first-order chi connectivity index (χ1) is 22.9. The van der Waals surface area contributed by atoms with Crippen molar-refractivity contribution in [3.05, 3.63) is 35.0 Å². The van der Waals surface area contributed by atoms with Crippen LogP contribution in [0.25, 0.3) is 0 Å². The molecule has 5 rings (SSSR count). The number of carbonyl (C=O) groups excluding carboxylic acids is 3. The first-order valence-corrected chi connectivity index (χ1v) is 18.1. The van der Waals surface area contributed by atoms with Gasteiger partial charge in [-0.2, -0.15) is 16.7 Å². The van der Waals surface area contributed by atoms with Crippen LogP contribution in [0, 0.1) is 11.8 Å². The first kappa shape index (κ1) is 36.1. The van der Waals surface area contributed by atoms with Crippen molar-refractivity contribution in [3.8, 4) is 5.75 Å². The number of nitrogens with one attached hydrogen (secondary N) is 3. The van der Waals surface area contributed by atoms with Crippen LogP contribution in [-0.2, 0) is 9.59 Å². The number of piperazine rings is 1. The summed E-state index contributed by atoms with van der Waals surface area (Å²) in [5.41, 5.74) is -0.581. The van der Waals surface area contributed by atoms with Crippen molar-refractivity contribution < 1.29 is 23.5 Å². The zero-order valence-corrected chi connectivity index (χ0v) is 29.8. The molecule has 1 saturated heterocycles. The Balaban J connectivity index is 1.04. The van der Waals surface area contributed by atoms with E-state index in [4.69, 9.17) is 16.3 Å². The largest absolute Gasteiger partial charge is 0.495 e. The lowest BCUT2D eigenvalue weighted by atomic mass is 9.82. The van der Waals surface area contributed by atoms with Crippen molar-refractivity contribution >= 4 is 58.9 Å². The van der Waals surface area contributed by atoms with Crippen molar-refractivity contribution in [1.29, 1.82) is 0 Å². The molecule has 3 fully saturated rings. The highest BCUT2D eigenvalue weighted by molar-refractivity contribution is 8.00. The number of anilines is 3. The van der Waals surface area contributed by atoms with Gasteiger partial charge in [0.15, 0.2) is 5.67 Å². The van der Waals surface area contributed by atoms with Gasteiger partial charge in [0, 0.05) is 50.1 Å². The topological polar surface area (TPSA) is 129 Å². The molecule has 1 atom stereocenters. The molecule has 1 aliphatic heterocycles. The molecular formula is C34H47ClFN7O4S. The number of methoxy groups -OCH3 is 1. The number of benzene rings is 1. The van der Waals surface area contributed by atoms with Crippen LogP contribution in [0.4, 0.5) is 21.8 Å². The lowest BCUT2D eigenvalue weighted by Gasteiger charge is -2.38. The third-order valence-corrected chi connectivity index (χ3v) is 11.7. The Bertz CT molecular complexity index is 1460. The fraction of sp³-hybridized carbons (Fsp3) is 0.618. The predicted octanol–water partition coefficient (Wildman–Crippen LogP) is 5.19. The fourth-order valence-electron chi connectivity index (χ4n) is 6.31. The molecule has 3 aliphatic rings. The predicted molar refractivity (Wildman–Crippen MR) is 188 cm³/mol. The quantitative estimate of drug-likeness (QED) is 0.226. The SMILES string of the molecule is CNc1nc(Nc2ccc(C(=O)N3CCN(CC4CCC(CSC(C)(C)C(C=O)NC(=O)C5(F)CC5)CC4)CC3)cc2OC)ncc1Cl. The molecule has 14 heteroatoms. The smallest absolute Gasteiger partial charge is 0.258 e. The summed E-state index contributed by atoms with van der Waals surface area (Å²) < 4.78 is 19.2. The van der Waals surface area contributed by atoms with E-state index in [1.54, 1.807) is 44.1 Å². The van der Waals surface area contributed by atoms with Crippen LogP contribution in [0.2, 0.25) is 5.02 Å². The molecule has 11 nitrogen and oxygen atoms in total. The highest BCUT2D eigenvalue weighted by Gasteiger charge is 2.52. The minimum atomic E-state index is -1.78. The number of alkyl halides is 1. The van der Waals surface area contributed by atoms with E-state index < -0.39 is 22.4 Å². The fourth-order valence-corrected chi connectivity index (χ4v) is 7.79. The molecule has 0 spiro atoms. The Morgan fingerprint density at radius 1 is 1.17 bits per heavy atom. The van der Waals surface area contributed by atoms with Gasteiger partial charge in [-0.15, -0.1) is 0 Å². The van der Waals surface area contributed by atoms with Crippen molar-refractivity contribution in [3.63, 3.8) is 0 Å². The molecule has 1 aromatic carbocycles. The van der Waals surface area contributed by atoms with Crippen LogP contribution < -0.4 is 20.7 Å². The lowest BCUT2D eigenvalue weighted by Crippen LogP contribution is -2.51. The number of aldehydes is 1. The number of hydrogen-bond donors (Lipinski definition) is 3. The van der Waals surface area contributed by atoms with Crippen LogP contribution in [0.1, 0.15) is 62.7 Å². The number of hydrogen-bond acceptors (Lipinski definition) is 10. The number of nitrogens with zero attached hydrogens (tertiary/aromatic N) is 4. The van der Waals surface area contributed by atoms with E-state index in [2.05, 4.69) is 30.8 Å². The van der Waals surface area contributed by atoms with Crippen LogP contribution in [-0.4, -0.2) is 107 Å².